The molecular formula is C17H19N3O2S2. The summed E-state index contributed by atoms with van der Waals surface area (Å²) in [5.74, 6) is 0.534. The summed E-state index contributed by atoms with van der Waals surface area (Å²) >= 11 is 1.23. The standard InChI is InChI=1S/C17H19N3O2S2/c21-24(22,16-6-3-11-23-16)17-14-4-1-2-5-15(14)20(19-17)12-13-7-9-18-10-8-13/h1-6,11,13,18H,7-10,12H2. The molecule has 1 N–H and O–H groups in total. The number of rotatable bonds is 4. The van der Waals surface area contributed by atoms with Crippen LogP contribution in [0.25, 0.3) is 10.9 Å². The largest absolute Gasteiger partial charge is 0.317 e. The molecule has 126 valence electrons. The Hall–Kier alpha value is -1.70. The lowest BCUT2D eigenvalue weighted by molar-refractivity contribution is 0.323. The van der Waals surface area contributed by atoms with Gasteiger partial charge in [-0.25, -0.2) is 8.42 Å². The van der Waals surface area contributed by atoms with Gasteiger partial charge >= 0.3 is 0 Å². The van der Waals surface area contributed by atoms with Gasteiger partial charge in [0, 0.05) is 11.9 Å². The average molecular weight is 361 g/mol. The Labute approximate surface area is 145 Å². The van der Waals surface area contributed by atoms with Crippen LogP contribution < -0.4 is 5.32 Å². The van der Waals surface area contributed by atoms with Gasteiger partial charge in [-0.1, -0.05) is 18.2 Å². The lowest BCUT2D eigenvalue weighted by Crippen LogP contribution is -2.30. The first-order valence-corrected chi connectivity index (χ1v) is 10.5. The number of para-hydroxylation sites is 1. The van der Waals surface area contributed by atoms with Gasteiger partial charge in [-0.3, -0.25) is 4.68 Å². The number of aromatic nitrogens is 2. The molecule has 1 fully saturated rings. The van der Waals surface area contributed by atoms with Gasteiger partial charge in [0.25, 0.3) is 0 Å². The van der Waals surface area contributed by atoms with Crippen molar-refractivity contribution in [3.63, 3.8) is 0 Å². The molecule has 2 aromatic heterocycles. The van der Waals surface area contributed by atoms with Crippen molar-refractivity contribution in [1.29, 1.82) is 0 Å². The Balaban J connectivity index is 1.79. The number of thiophene rings is 1. The van der Waals surface area contributed by atoms with Crippen LogP contribution in [-0.4, -0.2) is 31.3 Å². The van der Waals surface area contributed by atoms with E-state index in [0.29, 0.717) is 15.5 Å². The van der Waals surface area contributed by atoms with Gasteiger partial charge in [0.05, 0.1) is 5.52 Å². The molecule has 24 heavy (non-hydrogen) atoms. The van der Waals surface area contributed by atoms with Crippen LogP contribution in [0.15, 0.2) is 51.0 Å². The summed E-state index contributed by atoms with van der Waals surface area (Å²) in [4.78, 5) is 0. The molecule has 0 saturated carbocycles. The highest BCUT2D eigenvalue weighted by molar-refractivity contribution is 7.93. The van der Waals surface area contributed by atoms with Crippen molar-refractivity contribution in [3.8, 4) is 0 Å². The van der Waals surface area contributed by atoms with Crippen molar-refractivity contribution in [1.82, 2.24) is 15.1 Å². The second-order valence-corrected chi connectivity index (χ2v) is 9.17. The molecule has 0 radical (unpaired) electrons. The smallest absolute Gasteiger partial charge is 0.235 e. The molecule has 1 saturated heterocycles. The Bertz CT molecular complexity index is 940. The molecule has 1 aliphatic rings. The van der Waals surface area contributed by atoms with Crippen molar-refractivity contribution in [2.45, 2.75) is 28.6 Å². The third-order valence-electron chi connectivity index (χ3n) is 4.53. The van der Waals surface area contributed by atoms with E-state index in [4.69, 9.17) is 0 Å². The van der Waals surface area contributed by atoms with E-state index in [2.05, 4.69) is 10.4 Å². The summed E-state index contributed by atoms with van der Waals surface area (Å²) in [5.41, 5.74) is 0.895. The van der Waals surface area contributed by atoms with E-state index < -0.39 is 9.84 Å². The summed E-state index contributed by atoms with van der Waals surface area (Å²) in [5, 5.41) is 10.6. The van der Waals surface area contributed by atoms with Gasteiger partial charge in [-0.2, -0.15) is 5.10 Å². The van der Waals surface area contributed by atoms with Crippen LogP contribution in [0.5, 0.6) is 0 Å². The van der Waals surface area contributed by atoms with Crippen LogP contribution in [0, 0.1) is 5.92 Å². The van der Waals surface area contributed by atoms with Crippen molar-refractivity contribution < 1.29 is 8.42 Å². The molecule has 1 aliphatic heterocycles. The number of nitrogens with one attached hydrogen (secondary N) is 1. The quantitative estimate of drug-likeness (QED) is 0.776. The third-order valence-corrected chi connectivity index (χ3v) is 7.61. The summed E-state index contributed by atoms with van der Waals surface area (Å²) in [7, 11) is -3.57. The van der Waals surface area contributed by atoms with E-state index in [0.717, 1.165) is 38.0 Å². The van der Waals surface area contributed by atoms with Crippen molar-refractivity contribution >= 4 is 32.1 Å². The predicted octanol–water partition coefficient (Wildman–Crippen LogP) is 2.93. The van der Waals surface area contributed by atoms with Crippen molar-refractivity contribution in [2.24, 2.45) is 5.92 Å². The Kier molecular flexibility index (Phi) is 4.15. The topological polar surface area (TPSA) is 64.0 Å². The fourth-order valence-corrected chi connectivity index (χ4v) is 5.73. The van der Waals surface area contributed by atoms with Gasteiger partial charge < -0.3 is 5.32 Å². The Morgan fingerprint density at radius 2 is 1.96 bits per heavy atom. The number of hydrogen-bond acceptors (Lipinski definition) is 5. The Morgan fingerprint density at radius 3 is 2.71 bits per heavy atom. The van der Waals surface area contributed by atoms with Crippen LogP contribution in [0.2, 0.25) is 0 Å². The van der Waals surface area contributed by atoms with E-state index in [1.165, 1.54) is 11.3 Å². The monoisotopic (exact) mass is 361 g/mol. The van der Waals surface area contributed by atoms with Crippen LogP contribution >= 0.6 is 11.3 Å². The summed E-state index contributed by atoms with van der Waals surface area (Å²) in [6.45, 7) is 2.80. The fraction of sp³-hybridized carbons (Fsp3) is 0.353. The zero-order chi connectivity index (χ0) is 16.6. The molecule has 5 nitrogen and oxygen atoms in total. The molecule has 7 heteroatoms. The molecule has 0 unspecified atom stereocenters. The summed E-state index contributed by atoms with van der Waals surface area (Å²) in [6, 6.07) is 11.0. The number of piperidine rings is 1. The molecule has 4 rings (SSSR count). The molecule has 0 bridgehead atoms. The van der Waals surface area contributed by atoms with Gasteiger partial charge in [-0.05, 0) is 55.4 Å². The van der Waals surface area contributed by atoms with Gasteiger partial charge in [0.15, 0.2) is 5.03 Å². The first kappa shape index (κ1) is 15.8. The molecule has 3 aromatic rings. The average Bonchev–Trinajstić information content (AvgIpc) is 3.25. The minimum atomic E-state index is -3.57. The zero-order valence-electron chi connectivity index (χ0n) is 13.2. The maximum atomic E-state index is 12.9. The molecule has 0 atom stereocenters. The lowest BCUT2D eigenvalue weighted by Gasteiger charge is -2.22. The van der Waals surface area contributed by atoms with Crippen LogP contribution in [0.3, 0.4) is 0 Å². The fourth-order valence-electron chi connectivity index (χ4n) is 3.26. The zero-order valence-corrected chi connectivity index (χ0v) is 14.8. The summed E-state index contributed by atoms with van der Waals surface area (Å²) in [6.07, 6.45) is 2.20. The predicted molar refractivity (Wildman–Crippen MR) is 95.1 cm³/mol. The molecule has 0 amide bonds. The van der Waals surface area contributed by atoms with Crippen LogP contribution in [0.4, 0.5) is 0 Å². The first-order valence-electron chi connectivity index (χ1n) is 8.11. The molecule has 0 spiro atoms. The van der Waals surface area contributed by atoms with E-state index >= 15 is 0 Å². The number of fused-ring (bicyclic) bond motifs is 1. The number of benzene rings is 1. The molecule has 3 heterocycles. The minimum absolute atomic E-state index is 0.175. The van der Waals surface area contributed by atoms with E-state index in [1.54, 1.807) is 17.5 Å². The SMILES string of the molecule is O=S(=O)(c1cccs1)c1nn(CC2CCNCC2)c2ccccc12. The molecule has 1 aromatic carbocycles. The summed E-state index contributed by atoms with van der Waals surface area (Å²) < 4.78 is 28.1. The number of hydrogen-bond donors (Lipinski definition) is 1. The Morgan fingerprint density at radius 1 is 1.17 bits per heavy atom. The highest BCUT2D eigenvalue weighted by Crippen LogP contribution is 2.30. The molecular weight excluding hydrogens is 342 g/mol. The van der Waals surface area contributed by atoms with Gasteiger partial charge in [0.2, 0.25) is 9.84 Å². The van der Waals surface area contributed by atoms with Crippen LogP contribution in [-0.2, 0) is 16.4 Å². The highest BCUT2D eigenvalue weighted by Gasteiger charge is 2.27. The van der Waals surface area contributed by atoms with E-state index in [-0.39, 0.29) is 5.03 Å². The van der Waals surface area contributed by atoms with Gasteiger partial charge in [-0.15, -0.1) is 11.3 Å². The van der Waals surface area contributed by atoms with E-state index in [1.807, 2.05) is 28.9 Å². The number of sulfone groups is 1. The third kappa shape index (κ3) is 2.76. The van der Waals surface area contributed by atoms with E-state index in [9.17, 15) is 8.42 Å². The van der Waals surface area contributed by atoms with Crippen molar-refractivity contribution in [2.75, 3.05) is 13.1 Å². The lowest BCUT2D eigenvalue weighted by atomic mass is 9.98. The second-order valence-electron chi connectivity index (χ2n) is 6.13. The maximum Gasteiger partial charge on any atom is 0.235 e. The second kappa shape index (κ2) is 6.31. The normalized spacial score (nSPS) is 16.7. The highest BCUT2D eigenvalue weighted by atomic mass is 32.2. The van der Waals surface area contributed by atoms with Crippen LogP contribution in [0.1, 0.15) is 12.8 Å². The van der Waals surface area contributed by atoms with Crippen molar-refractivity contribution in [3.05, 3.63) is 41.8 Å². The maximum absolute atomic E-state index is 12.9. The molecule has 0 aliphatic carbocycles. The number of nitrogens with zero attached hydrogens (tertiary/aromatic N) is 2. The van der Waals surface area contributed by atoms with Gasteiger partial charge in [0.1, 0.15) is 4.21 Å². The first-order chi connectivity index (χ1) is 11.7. The minimum Gasteiger partial charge on any atom is -0.317 e.